The zero-order valence-corrected chi connectivity index (χ0v) is 13.1. The predicted molar refractivity (Wildman–Crippen MR) is 83.7 cm³/mol. The van der Waals surface area contributed by atoms with Crippen molar-refractivity contribution in [1.82, 2.24) is 0 Å². The summed E-state index contributed by atoms with van der Waals surface area (Å²) in [5.74, 6) is 7.64. The molecular formula is C18H34. The molecule has 0 aliphatic rings. The third kappa shape index (κ3) is 12.0. The van der Waals surface area contributed by atoms with E-state index in [1.165, 1.54) is 70.6 Å². The van der Waals surface area contributed by atoms with Gasteiger partial charge in [-0.05, 0) is 19.3 Å². The van der Waals surface area contributed by atoms with Crippen LogP contribution < -0.4 is 0 Å². The third-order valence-electron chi connectivity index (χ3n) is 3.52. The van der Waals surface area contributed by atoms with Crippen LogP contribution in [0.5, 0.6) is 0 Å². The maximum Gasteiger partial charge on any atom is 0.0202 e. The van der Waals surface area contributed by atoms with Gasteiger partial charge in [0.05, 0.1) is 0 Å². The van der Waals surface area contributed by atoms with Gasteiger partial charge in [-0.2, -0.15) is 0 Å². The van der Waals surface area contributed by atoms with Gasteiger partial charge in [0.2, 0.25) is 0 Å². The molecule has 0 spiro atoms. The van der Waals surface area contributed by atoms with Crippen molar-refractivity contribution in [2.75, 3.05) is 0 Å². The van der Waals surface area contributed by atoms with E-state index in [2.05, 4.69) is 32.6 Å². The Bertz CT molecular complexity index is 198. The van der Waals surface area contributed by atoms with Gasteiger partial charge in [-0.15, -0.1) is 5.92 Å². The second kappa shape index (κ2) is 14.6. The molecule has 0 aromatic carbocycles. The van der Waals surface area contributed by atoms with E-state index in [4.69, 9.17) is 0 Å². The molecule has 0 saturated heterocycles. The lowest BCUT2D eigenvalue weighted by Crippen LogP contribution is -1.97. The van der Waals surface area contributed by atoms with Gasteiger partial charge in [0, 0.05) is 12.3 Å². The molecule has 0 aromatic rings. The summed E-state index contributed by atoms with van der Waals surface area (Å²) in [7, 11) is 0. The SMILES string of the molecule is CCCCCCCC#CC(CCCC)CCCC. The summed E-state index contributed by atoms with van der Waals surface area (Å²) in [5.41, 5.74) is 0. The summed E-state index contributed by atoms with van der Waals surface area (Å²) in [6.45, 7) is 6.82. The highest BCUT2D eigenvalue weighted by atomic mass is 14.1. The number of hydrogen-bond donors (Lipinski definition) is 0. The fraction of sp³-hybridized carbons (Fsp3) is 0.889. The Morgan fingerprint density at radius 3 is 1.78 bits per heavy atom. The van der Waals surface area contributed by atoms with Gasteiger partial charge < -0.3 is 0 Å². The minimum Gasteiger partial charge on any atom is -0.103 e. The maximum atomic E-state index is 3.53. The average molecular weight is 250 g/mol. The van der Waals surface area contributed by atoms with Gasteiger partial charge in [-0.3, -0.25) is 0 Å². The molecule has 0 aliphatic heterocycles. The first-order chi connectivity index (χ1) is 8.85. The quantitative estimate of drug-likeness (QED) is 0.296. The summed E-state index contributed by atoms with van der Waals surface area (Å²) in [4.78, 5) is 0. The smallest absolute Gasteiger partial charge is 0.0202 e. The first kappa shape index (κ1) is 17.6. The number of rotatable bonds is 11. The Morgan fingerprint density at radius 1 is 0.667 bits per heavy atom. The molecule has 0 radical (unpaired) electrons. The Kier molecular flexibility index (Phi) is 14.3. The van der Waals surface area contributed by atoms with Gasteiger partial charge in [-0.25, -0.2) is 0 Å². The van der Waals surface area contributed by atoms with Crippen LogP contribution in [0.15, 0.2) is 0 Å². The highest BCUT2D eigenvalue weighted by Gasteiger charge is 2.03. The summed E-state index contributed by atoms with van der Waals surface area (Å²) < 4.78 is 0. The molecule has 0 saturated carbocycles. The van der Waals surface area contributed by atoms with Crippen molar-refractivity contribution in [2.45, 2.75) is 97.8 Å². The molecular weight excluding hydrogens is 216 g/mol. The topological polar surface area (TPSA) is 0 Å². The van der Waals surface area contributed by atoms with Crippen LogP contribution >= 0.6 is 0 Å². The van der Waals surface area contributed by atoms with E-state index in [1.54, 1.807) is 0 Å². The molecule has 0 heterocycles. The number of unbranched alkanes of at least 4 members (excludes halogenated alkanes) is 7. The highest BCUT2D eigenvalue weighted by molar-refractivity contribution is 5.03. The molecule has 0 N–H and O–H groups in total. The van der Waals surface area contributed by atoms with Crippen molar-refractivity contribution in [3.63, 3.8) is 0 Å². The Balaban J connectivity index is 3.70. The monoisotopic (exact) mass is 250 g/mol. The largest absolute Gasteiger partial charge is 0.103 e. The van der Waals surface area contributed by atoms with Crippen LogP contribution in [0.4, 0.5) is 0 Å². The van der Waals surface area contributed by atoms with Crippen LogP contribution in [0.3, 0.4) is 0 Å². The van der Waals surface area contributed by atoms with E-state index in [9.17, 15) is 0 Å². The summed E-state index contributed by atoms with van der Waals surface area (Å²) >= 11 is 0. The zero-order valence-electron chi connectivity index (χ0n) is 13.1. The average Bonchev–Trinajstić information content (AvgIpc) is 2.40. The lowest BCUT2D eigenvalue weighted by atomic mass is 9.96. The molecule has 0 nitrogen and oxygen atoms in total. The molecule has 0 fully saturated rings. The second-order valence-corrected chi connectivity index (χ2v) is 5.47. The molecule has 0 unspecified atom stereocenters. The van der Waals surface area contributed by atoms with Crippen molar-refractivity contribution in [3.8, 4) is 11.8 Å². The van der Waals surface area contributed by atoms with E-state index >= 15 is 0 Å². The van der Waals surface area contributed by atoms with Crippen LogP contribution in [0.1, 0.15) is 97.8 Å². The molecule has 0 atom stereocenters. The minimum absolute atomic E-state index is 0.681. The Hall–Kier alpha value is -0.440. The maximum absolute atomic E-state index is 3.53. The molecule has 106 valence electrons. The first-order valence-electron chi connectivity index (χ1n) is 8.33. The van der Waals surface area contributed by atoms with Gasteiger partial charge in [0.1, 0.15) is 0 Å². The Morgan fingerprint density at radius 2 is 1.22 bits per heavy atom. The summed E-state index contributed by atoms with van der Waals surface area (Å²) in [6.07, 6.45) is 15.9. The lowest BCUT2D eigenvalue weighted by Gasteiger charge is -2.08. The van der Waals surface area contributed by atoms with Crippen molar-refractivity contribution < 1.29 is 0 Å². The Labute approximate surface area is 116 Å². The molecule has 0 heteroatoms. The highest BCUT2D eigenvalue weighted by Crippen LogP contribution is 2.15. The third-order valence-corrected chi connectivity index (χ3v) is 3.52. The first-order valence-corrected chi connectivity index (χ1v) is 8.33. The van der Waals surface area contributed by atoms with Crippen LogP contribution in [-0.4, -0.2) is 0 Å². The molecule has 0 bridgehead atoms. The van der Waals surface area contributed by atoms with E-state index in [-0.39, 0.29) is 0 Å². The number of hydrogen-bond acceptors (Lipinski definition) is 0. The van der Waals surface area contributed by atoms with E-state index in [0.29, 0.717) is 5.92 Å². The van der Waals surface area contributed by atoms with Crippen molar-refractivity contribution in [1.29, 1.82) is 0 Å². The lowest BCUT2D eigenvalue weighted by molar-refractivity contribution is 0.510. The van der Waals surface area contributed by atoms with Gasteiger partial charge in [0.25, 0.3) is 0 Å². The second-order valence-electron chi connectivity index (χ2n) is 5.47. The fourth-order valence-corrected chi connectivity index (χ4v) is 2.22. The van der Waals surface area contributed by atoms with E-state index < -0.39 is 0 Å². The molecule has 0 aliphatic carbocycles. The standard InChI is InChI=1S/C18H34/c1-4-7-10-11-12-13-14-17-18(15-8-5-2)16-9-6-3/h18H,4-13,15-16H2,1-3H3. The zero-order chi connectivity index (χ0) is 13.5. The molecule has 0 aromatic heterocycles. The van der Waals surface area contributed by atoms with E-state index in [0.717, 1.165) is 6.42 Å². The van der Waals surface area contributed by atoms with Crippen LogP contribution in [0.25, 0.3) is 0 Å². The van der Waals surface area contributed by atoms with Crippen LogP contribution in [-0.2, 0) is 0 Å². The molecule has 0 amide bonds. The fourth-order valence-electron chi connectivity index (χ4n) is 2.22. The van der Waals surface area contributed by atoms with Gasteiger partial charge in [0.15, 0.2) is 0 Å². The van der Waals surface area contributed by atoms with Gasteiger partial charge in [-0.1, -0.05) is 78.1 Å². The predicted octanol–water partition coefficient (Wildman–Crippen LogP) is 6.35. The van der Waals surface area contributed by atoms with Crippen molar-refractivity contribution in [2.24, 2.45) is 5.92 Å². The normalized spacial score (nSPS) is 10.4. The minimum atomic E-state index is 0.681. The van der Waals surface area contributed by atoms with Crippen LogP contribution in [0, 0.1) is 17.8 Å². The molecule has 18 heavy (non-hydrogen) atoms. The van der Waals surface area contributed by atoms with Crippen LogP contribution in [0.2, 0.25) is 0 Å². The van der Waals surface area contributed by atoms with Crippen molar-refractivity contribution in [3.05, 3.63) is 0 Å². The van der Waals surface area contributed by atoms with Gasteiger partial charge >= 0.3 is 0 Å². The van der Waals surface area contributed by atoms with Crippen molar-refractivity contribution >= 4 is 0 Å². The van der Waals surface area contributed by atoms with E-state index in [1.807, 2.05) is 0 Å². The summed E-state index contributed by atoms with van der Waals surface area (Å²) in [5, 5.41) is 0. The molecule has 0 rings (SSSR count). The summed E-state index contributed by atoms with van der Waals surface area (Å²) in [6, 6.07) is 0.